The maximum absolute atomic E-state index is 12.2. The summed E-state index contributed by atoms with van der Waals surface area (Å²) in [5.74, 6) is -0.128. The number of nitrogens with zero attached hydrogens (tertiary/aromatic N) is 1. The quantitative estimate of drug-likeness (QED) is 0.880. The Balaban J connectivity index is 1.72. The molecule has 0 aliphatic heterocycles. The first-order valence-corrected chi connectivity index (χ1v) is 7.07. The van der Waals surface area contributed by atoms with Crippen LogP contribution in [0, 0.1) is 0 Å². The van der Waals surface area contributed by atoms with Crippen molar-refractivity contribution in [2.75, 3.05) is 0 Å². The summed E-state index contributed by atoms with van der Waals surface area (Å²) in [6, 6.07) is 11.6. The Morgan fingerprint density at radius 1 is 1.10 bits per heavy atom. The molecule has 104 valence electrons. The minimum Gasteiger partial charge on any atom is -0.393 e. The van der Waals surface area contributed by atoms with Crippen LogP contribution < -0.4 is 5.32 Å². The molecular formula is C16H18N2O2. The third-order valence-electron chi connectivity index (χ3n) is 3.86. The summed E-state index contributed by atoms with van der Waals surface area (Å²) < 4.78 is 0. The van der Waals surface area contributed by atoms with Crippen molar-refractivity contribution in [2.24, 2.45) is 0 Å². The predicted molar refractivity (Wildman–Crippen MR) is 77.5 cm³/mol. The van der Waals surface area contributed by atoms with Gasteiger partial charge in [0.25, 0.3) is 5.91 Å². The van der Waals surface area contributed by atoms with Crippen molar-refractivity contribution in [1.29, 1.82) is 0 Å². The zero-order chi connectivity index (χ0) is 13.9. The van der Waals surface area contributed by atoms with Crippen LogP contribution in [0.15, 0.2) is 36.4 Å². The zero-order valence-corrected chi connectivity index (χ0v) is 11.2. The highest BCUT2D eigenvalue weighted by molar-refractivity contribution is 5.95. The molecule has 1 aromatic heterocycles. The number of pyridine rings is 1. The Bertz CT molecular complexity index is 619. The van der Waals surface area contributed by atoms with E-state index in [0.717, 1.165) is 36.6 Å². The number of benzene rings is 1. The standard InChI is InChI=1S/C16H18N2O2/c19-13-8-6-12(7-9-13)17-16(20)15-10-5-11-3-1-2-4-14(11)18-15/h1-5,10,12-13,19H,6-9H2,(H,17,20). The van der Waals surface area contributed by atoms with Gasteiger partial charge in [-0.05, 0) is 37.8 Å². The first-order valence-electron chi connectivity index (χ1n) is 7.07. The predicted octanol–water partition coefficient (Wildman–Crippen LogP) is 2.27. The molecule has 3 rings (SSSR count). The number of carbonyl (C=O) groups excluding carboxylic acids is 1. The van der Waals surface area contributed by atoms with Gasteiger partial charge >= 0.3 is 0 Å². The molecule has 1 aromatic carbocycles. The Morgan fingerprint density at radius 2 is 1.85 bits per heavy atom. The molecule has 2 aromatic rings. The molecule has 4 heteroatoms. The van der Waals surface area contributed by atoms with Crippen molar-refractivity contribution in [3.8, 4) is 0 Å². The first kappa shape index (κ1) is 13.1. The summed E-state index contributed by atoms with van der Waals surface area (Å²) in [7, 11) is 0. The summed E-state index contributed by atoms with van der Waals surface area (Å²) in [6.45, 7) is 0. The van der Waals surface area contributed by atoms with Crippen LogP contribution in [0.25, 0.3) is 10.9 Å². The molecule has 1 fully saturated rings. The summed E-state index contributed by atoms with van der Waals surface area (Å²) in [6.07, 6.45) is 2.98. The van der Waals surface area contributed by atoms with E-state index in [0.29, 0.717) is 5.69 Å². The van der Waals surface area contributed by atoms with E-state index in [1.165, 1.54) is 0 Å². The van der Waals surface area contributed by atoms with Gasteiger partial charge in [-0.3, -0.25) is 4.79 Å². The number of hydrogen-bond acceptors (Lipinski definition) is 3. The van der Waals surface area contributed by atoms with Gasteiger partial charge in [-0.15, -0.1) is 0 Å². The number of hydrogen-bond donors (Lipinski definition) is 2. The highest BCUT2D eigenvalue weighted by Gasteiger charge is 2.21. The lowest BCUT2D eigenvalue weighted by Crippen LogP contribution is -2.38. The largest absolute Gasteiger partial charge is 0.393 e. The van der Waals surface area contributed by atoms with Gasteiger partial charge in [0.05, 0.1) is 11.6 Å². The molecule has 1 saturated carbocycles. The fourth-order valence-corrected chi connectivity index (χ4v) is 2.67. The van der Waals surface area contributed by atoms with Gasteiger partial charge in [0.1, 0.15) is 5.69 Å². The summed E-state index contributed by atoms with van der Waals surface area (Å²) in [5, 5.41) is 13.5. The van der Waals surface area contributed by atoms with E-state index in [2.05, 4.69) is 10.3 Å². The second-order valence-corrected chi connectivity index (χ2v) is 5.37. The molecule has 0 bridgehead atoms. The van der Waals surface area contributed by atoms with Crippen molar-refractivity contribution in [3.63, 3.8) is 0 Å². The van der Waals surface area contributed by atoms with Gasteiger partial charge in [-0.1, -0.05) is 24.3 Å². The van der Waals surface area contributed by atoms with E-state index in [9.17, 15) is 9.90 Å². The third kappa shape index (κ3) is 2.80. The molecular weight excluding hydrogens is 252 g/mol. The van der Waals surface area contributed by atoms with Crippen LogP contribution in [0.2, 0.25) is 0 Å². The first-order chi connectivity index (χ1) is 9.72. The van der Waals surface area contributed by atoms with Crippen molar-refractivity contribution in [3.05, 3.63) is 42.1 Å². The third-order valence-corrected chi connectivity index (χ3v) is 3.86. The van der Waals surface area contributed by atoms with Crippen LogP contribution in [0.4, 0.5) is 0 Å². The van der Waals surface area contributed by atoms with E-state index < -0.39 is 0 Å². The topological polar surface area (TPSA) is 62.2 Å². The van der Waals surface area contributed by atoms with Gasteiger partial charge in [-0.25, -0.2) is 4.98 Å². The van der Waals surface area contributed by atoms with Crippen molar-refractivity contribution in [2.45, 2.75) is 37.8 Å². The van der Waals surface area contributed by atoms with Crippen molar-refractivity contribution < 1.29 is 9.90 Å². The maximum atomic E-state index is 12.2. The number of carbonyl (C=O) groups is 1. The second kappa shape index (κ2) is 5.59. The highest BCUT2D eigenvalue weighted by atomic mass is 16.3. The maximum Gasteiger partial charge on any atom is 0.270 e. The van der Waals surface area contributed by atoms with Crippen molar-refractivity contribution >= 4 is 16.8 Å². The molecule has 0 unspecified atom stereocenters. The van der Waals surface area contributed by atoms with Crippen LogP contribution in [-0.4, -0.2) is 28.1 Å². The second-order valence-electron chi connectivity index (χ2n) is 5.37. The van der Waals surface area contributed by atoms with Gasteiger partial charge in [-0.2, -0.15) is 0 Å². The minimum absolute atomic E-state index is 0.128. The molecule has 20 heavy (non-hydrogen) atoms. The lowest BCUT2D eigenvalue weighted by Gasteiger charge is -2.26. The van der Waals surface area contributed by atoms with E-state index in [-0.39, 0.29) is 18.1 Å². The smallest absolute Gasteiger partial charge is 0.270 e. The molecule has 0 spiro atoms. The number of aromatic nitrogens is 1. The number of fused-ring (bicyclic) bond motifs is 1. The Labute approximate surface area is 117 Å². The lowest BCUT2D eigenvalue weighted by atomic mass is 9.93. The average molecular weight is 270 g/mol. The zero-order valence-electron chi connectivity index (χ0n) is 11.2. The molecule has 0 saturated heterocycles. The fraction of sp³-hybridized carbons (Fsp3) is 0.375. The Kier molecular flexibility index (Phi) is 3.65. The van der Waals surface area contributed by atoms with Crippen LogP contribution in [0.5, 0.6) is 0 Å². The lowest BCUT2D eigenvalue weighted by molar-refractivity contribution is 0.0863. The Morgan fingerprint density at radius 3 is 2.65 bits per heavy atom. The molecule has 1 heterocycles. The Hall–Kier alpha value is -1.94. The highest BCUT2D eigenvalue weighted by Crippen LogP contribution is 2.19. The molecule has 1 aliphatic carbocycles. The normalized spacial score (nSPS) is 22.6. The molecule has 1 amide bonds. The minimum atomic E-state index is -0.207. The van der Waals surface area contributed by atoms with Crippen LogP contribution >= 0.6 is 0 Å². The van der Waals surface area contributed by atoms with Gasteiger partial charge in [0.15, 0.2) is 0 Å². The number of aliphatic hydroxyl groups excluding tert-OH is 1. The molecule has 0 atom stereocenters. The van der Waals surface area contributed by atoms with Crippen LogP contribution in [0.3, 0.4) is 0 Å². The molecule has 4 nitrogen and oxygen atoms in total. The van der Waals surface area contributed by atoms with Gasteiger partial charge < -0.3 is 10.4 Å². The van der Waals surface area contributed by atoms with E-state index in [4.69, 9.17) is 0 Å². The summed E-state index contributed by atoms with van der Waals surface area (Å²) >= 11 is 0. The fourth-order valence-electron chi connectivity index (χ4n) is 2.67. The number of amides is 1. The molecule has 0 radical (unpaired) electrons. The van der Waals surface area contributed by atoms with Crippen molar-refractivity contribution in [1.82, 2.24) is 10.3 Å². The van der Waals surface area contributed by atoms with Gasteiger partial charge in [0.2, 0.25) is 0 Å². The van der Waals surface area contributed by atoms with E-state index in [1.807, 2.05) is 30.3 Å². The number of aliphatic hydroxyl groups is 1. The number of rotatable bonds is 2. The SMILES string of the molecule is O=C(NC1CCC(O)CC1)c1ccc2ccccc2n1. The molecule has 2 N–H and O–H groups in total. The number of para-hydroxylation sites is 1. The average Bonchev–Trinajstić information content (AvgIpc) is 2.49. The monoisotopic (exact) mass is 270 g/mol. The molecule has 1 aliphatic rings. The van der Waals surface area contributed by atoms with Crippen LogP contribution in [0.1, 0.15) is 36.2 Å². The number of nitrogens with one attached hydrogen (secondary N) is 1. The van der Waals surface area contributed by atoms with Crippen LogP contribution in [-0.2, 0) is 0 Å². The van der Waals surface area contributed by atoms with E-state index in [1.54, 1.807) is 6.07 Å². The summed E-state index contributed by atoms with van der Waals surface area (Å²) in [5.41, 5.74) is 1.29. The van der Waals surface area contributed by atoms with Gasteiger partial charge in [0, 0.05) is 11.4 Å². The summed E-state index contributed by atoms with van der Waals surface area (Å²) in [4.78, 5) is 16.6. The van der Waals surface area contributed by atoms with E-state index >= 15 is 0 Å².